The molecule has 0 amide bonds. The van der Waals surface area contributed by atoms with Crippen molar-refractivity contribution in [1.82, 2.24) is 14.9 Å². The van der Waals surface area contributed by atoms with E-state index in [2.05, 4.69) is 39.8 Å². The molecule has 0 atom stereocenters. The standard InChI is InChI=1S/C16H22N6S/c1-12-7-5-6-8-13(12)11-23-16-21-20-15(22(16)17)19-18-14-9-3-2-4-10-14/h5-8H,2-4,9-11,17H2,1H3,(H,19,20). The van der Waals surface area contributed by atoms with Crippen molar-refractivity contribution in [3.05, 3.63) is 35.4 Å². The van der Waals surface area contributed by atoms with E-state index >= 15 is 0 Å². The van der Waals surface area contributed by atoms with Gasteiger partial charge in [-0.25, -0.2) is 10.1 Å². The molecule has 2 aromatic rings. The zero-order chi connectivity index (χ0) is 16.1. The van der Waals surface area contributed by atoms with Crippen LogP contribution >= 0.6 is 11.8 Å². The molecular weight excluding hydrogens is 308 g/mol. The summed E-state index contributed by atoms with van der Waals surface area (Å²) in [6, 6.07) is 8.31. The fourth-order valence-electron chi connectivity index (χ4n) is 2.57. The summed E-state index contributed by atoms with van der Waals surface area (Å²) in [4.78, 5) is 0. The van der Waals surface area contributed by atoms with Crippen LogP contribution in [0.3, 0.4) is 0 Å². The van der Waals surface area contributed by atoms with Gasteiger partial charge < -0.3 is 5.84 Å². The number of aryl methyl sites for hydroxylation is 1. The molecule has 1 fully saturated rings. The van der Waals surface area contributed by atoms with E-state index in [0.29, 0.717) is 11.1 Å². The molecule has 1 aliphatic rings. The van der Waals surface area contributed by atoms with Gasteiger partial charge in [-0.3, -0.25) is 0 Å². The Morgan fingerprint density at radius 3 is 2.78 bits per heavy atom. The fraction of sp³-hybridized carbons (Fsp3) is 0.438. The lowest BCUT2D eigenvalue weighted by atomic mass is 9.99. The minimum Gasteiger partial charge on any atom is -0.334 e. The first-order valence-electron chi connectivity index (χ1n) is 7.93. The van der Waals surface area contributed by atoms with Crippen LogP contribution in [0.4, 0.5) is 5.95 Å². The summed E-state index contributed by atoms with van der Waals surface area (Å²) in [7, 11) is 0. The van der Waals surface area contributed by atoms with Gasteiger partial charge in [0.1, 0.15) is 0 Å². The van der Waals surface area contributed by atoms with E-state index in [1.54, 1.807) is 11.8 Å². The van der Waals surface area contributed by atoms with Crippen molar-refractivity contribution < 1.29 is 0 Å². The smallest absolute Gasteiger partial charge is 0.264 e. The highest BCUT2D eigenvalue weighted by atomic mass is 32.2. The Labute approximate surface area is 140 Å². The zero-order valence-electron chi connectivity index (χ0n) is 13.3. The van der Waals surface area contributed by atoms with Crippen molar-refractivity contribution in [1.29, 1.82) is 0 Å². The Balaban J connectivity index is 1.61. The van der Waals surface area contributed by atoms with Crippen molar-refractivity contribution in [2.45, 2.75) is 49.9 Å². The minimum atomic E-state index is 0.482. The number of thioether (sulfide) groups is 1. The van der Waals surface area contributed by atoms with E-state index in [4.69, 9.17) is 5.84 Å². The molecule has 3 N–H and O–H groups in total. The molecule has 23 heavy (non-hydrogen) atoms. The van der Waals surface area contributed by atoms with Gasteiger partial charge in [-0.05, 0) is 43.7 Å². The first-order valence-corrected chi connectivity index (χ1v) is 8.92. The molecule has 6 nitrogen and oxygen atoms in total. The van der Waals surface area contributed by atoms with Crippen LogP contribution in [0, 0.1) is 6.92 Å². The highest BCUT2D eigenvalue weighted by Crippen LogP contribution is 2.23. The van der Waals surface area contributed by atoms with Gasteiger partial charge in [0.25, 0.3) is 5.95 Å². The van der Waals surface area contributed by atoms with Crippen LogP contribution in [0.25, 0.3) is 0 Å². The van der Waals surface area contributed by atoms with Crippen molar-refractivity contribution >= 4 is 23.4 Å². The molecular formula is C16H22N6S. The fourth-order valence-corrected chi connectivity index (χ4v) is 3.50. The summed E-state index contributed by atoms with van der Waals surface area (Å²) in [5.74, 6) is 7.36. The number of benzene rings is 1. The number of nitrogen functional groups attached to an aromatic ring is 1. The summed E-state index contributed by atoms with van der Waals surface area (Å²) in [6.45, 7) is 2.11. The Hall–Kier alpha value is -2.02. The average Bonchev–Trinajstić information content (AvgIpc) is 2.93. The predicted molar refractivity (Wildman–Crippen MR) is 95.1 cm³/mol. The number of rotatable bonds is 5. The van der Waals surface area contributed by atoms with E-state index < -0.39 is 0 Å². The van der Waals surface area contributed by atoms with E-state index in [9.17, 15) is 0 Å². The van der Waals surface area contributed by atoms with Crippen LogP contribution in [-0.2, 0) is 5.75 Å². The summed E-state index contributed by atoms with van der Waals surface area (Å²) in [6.07, 6.45) is 5.84. The molecule has 0 radical (unpaired) electrons. The van der Waals surface area contributed by atoms with Crippen molar-refractivity contribution in [2.24, 2.45) is 5.10 Å². The molecule has 1 aromatic carbocycles. The van der Waals surface area contributed by atoms with Gasteiger partial charge >= 0.3 is 0 Å². The van der Waals surface area contributed by atoms with E-state index in [-0.39, 0.29) is 0 Å². The van der Waals surface area contributed by atoms with Gasteiger partial charge in [0, 0.05) is 11.5 Å². The quantitative estimate of drug-likeness (QED) is 0.499. The number of hydrogen-bond acceptors (Lipinski definition) is 6. The van der Waals surface area contributed by atoms with Crippen LogP contribution in [0.5, 0.6) is 0 Å². The van der Waals surface area contributed by atoms with Gasteiger partial charge in [-0.1, -0.05) is 42.4 Å². The van der Waals surface area contributed by atoms with E-state index in [0.717, 1.165) is 18.6 Å². The lowest BCUT2D eigenvalue weighted by molar-refractivity contribution is 0.665. The summed E-state index contributed by atoms with van der Waals surface area (Å²) in [5.41, 5.74) is 6.68. The Morgan fingerprint density at radius 2 is 2.00 bits per heavy atom. The van der Waals surface area contributed by atoms with Crippen LogP contribution in [0.1, 0.15) is 43.2 Å². The van der Waals surface area contributed by atoms with Gasteiger partial charge in [-0.15, -0.1) is 10.2 Å². The SMILES string of the molecule is Cc1ccccc1CSc1nnc(NN=C2CCCCC2)n1N. The summed E-state index contributed by atoms with van der Waals surface area (Å²) < 4.78 is 1.47. The molecule has 0 aliphatic heterocycles. The highest BCUT2D eigenvalue weighted by molar-refractivity contribution is 7.98. The number of nitrogens with two attached hydrogens (primary N) is 1. The second kappa shape index (κ2) is 7.50. The molecule has 122 valence electrons. The topological polar surface area (TPSA) is 81.1 Å². The third-order valence-electron chi connectivity index (χ3n) is 4.03. The Bertz CT molecular complexity index is 686. The number of hydrogen-bond donors (Lipinski definition) is 2. The highest BCUT2D eigenvalue weighted by Gasteiger charge is 2.11. The van der Waals surface area contributed by atoms with E-state index in [1.807, 2.05) is 12.1 Å². The monoisotopic (exact) mass is 330 g/mol. The van der Waals surface area contributed by atoms with Crippen LogP contribution < -0.4 is 11.3 Å². The van der Waals surface area contributed by atoms with Crippen LogP contribution in [-0.4, -0.2) is 20.6 Å². The number of nitrogens with one attached hydrogen (secondary N) is 1. The maximum atomic E-state index is 6.06. The molecule has 7 heteroatoms. The summed E-state index contributed by atoms with van der Waals surface area (Å²) in [5, 5.41) is 13.3. The first kappa shape index (κ1) is 15.9. The third kappa shape index (κ3) is 4.04. The van der Waals surface area contributed by atoms with E-state index in [1.165, 1.54) is 40.8 Å². The number of aromatic nitrogens is 3. The largest absolute Gasteiger partial charge is 0.334 e. The van der Waals surface area contributed by atoms with Crippen LogP contribution in [0.2, 0.25) is 0 Å². The summed E-state index contributed by atoms with van der Waals surface area (Å²) >= 11 is 1.57. The first-order chi connectivity index (χ1) is 11.2. The molecule has 3 rings (SSSR count). The maximum absolute atomic E-state index is 6.06. The molecule has 0 spiro atoms. The number of anilines is 1. The molecule has 1 aromatic heterocycles. The Morgan fingerprint density at radius 1 is 1.22 bits per heavy atom. The second-order valence-corrected chi connectivity index (χ2v) is 6.68. The number of hydrazone groups is 1. The number of nitrogens with zero attached hydrogens (tertiary/aromatic N) is 4. The van der Waals surface area contributed by atoms with Crippen molar-refractivity contribution in [3.8, 4) is 0 Å². The minimum absolute atomic E-state index is 0.482. The van der Waals surface area contributed by atoms with Gasteiger partial charge in [-0.2, -0.15) is 5.10 Å². The molecule has 0 saturated heterocycles. The van der Waals surface area contributed by atoms with Gasteiger partial charge in [0.2, 0.25) is 5.16 Å². The lowest BCUT2D eigenvalue weighted by Crippen LogP contribution is -2.14. The predicted octanol–water partition coefficient (Wildman–Crippen LogP) is 3.32. The molecule has 0 unspecified atom stereocenters. The molecule has 1 aliphatic carbocycles. The second-order valence-electron chi connectivity index (χ2n) is 5.74. The van der Waals surface area contributed by atoms with Gasteiger partial charge in [0.15, 0.2) is 0 Å². The van der Waals surface area contributed by atoms with Crippen LogP contribution in [0.15, 0.2) is 34.5 Å². The van der Waals surface area contributed by atoms with Crippen molar-refractivity contribution in [2.75, 3.05) is 11.3 Å². The van der Waals surface area contributed by atoms with Gasteiger partial charge in [0.05, 0.1) is 0 Å². The average molecular weight is 330 g/mol. The molecule has 1 heterocycles. The maximum Gasteiger partial charge on any atom is 0.264 e. The normalized spacial score (nSPS) is 14.7. The zero-order valence-corrected chi connectivity index (χ0v) is 14.1. The Kier molecular flexibility index (Phi) is 5.17. The third-order valence-corrected chi connectivity index (χ3v) is 5.02. The molecule has 1 saturated carbocycles. The van der Waals surface area contributed by atoms with Crippen molar-refractivity contribution in [3.63, 3.8) is 0 Å². The lowest BCUT2D eigenvalue weighted by Gasteiger charge is -2.12. The molecule has 0 bridgehead atoms.